The molecule has 2 nitrogen and oxygen atoms in total. The molecule has 0 saturated heterocycles. The van der Waals surface area contributed by atoms with E-state index in [-0.39, 0.29) is 6.04 Å². The van der Waals surface area contributed by atoms with Gasteiger partial charge in [-0.3, -0.25) is 0 Å². The minimum absolute atomic E-state index is 0.141. The van der Waals surface area contributed by atoms with Crippen LogP contribution in [0, 0.1) is 2.88 Å². The average Bonchev–Trinajstić information content (AvgIpc) is 3.05. The third-order valence-electron chi connectivity index (χ3n) is 3.25. The van der Waals surface area contributed by atoms with Gasteiger partial charge in [-0.2, -0.15) is 0 Å². The monoisotopic (exact) mass is 397 g/mol. The number of para-hydroxylation sites is 1. The zero-order chi connectivity index (χ0) is 13.9. The third-order valence-corrected chi connectivity index (χ3v) is 5.06. The Morgan fingerprint density at radius 1 is 1.30 bits per heavy atom. The first kappa shape index (κ1) is 14.1. The van der Waals surface area contributed by atoms with Crippen molar-refractivity contribution in [1.82, 2.24) is 5.32 Å². The van der Waals surface area contributed by atoms with Gasteiger partial charge in [0.15, 0.2) is 0 Å². The molecule has 0 bridgehead atoms. The molecule has 2 heterocycles. The summed E-state index contributed by atoms with van der Waals surface area (Å²) < 4.78 is 7.33. The molecule has 0 aliphatic heterocycles. The van der Waals surface area contributed by atoms with Crippen molar-refractivity contribution in [2.75, 3.05) is 6.54 Å². The predicted octanol–water partition coefficient (Wildman–Crippen LogP) is 5.19. The highest BCUT2D eigenvalue weighted by Crippen LogP contribution is 2.31. The van der Waals surface area contributed by atoms with Crippen LogP contribution in [0.5, 0.6) is 0 Å². The lowest BCUT2D eigenvalue weighted by atomic mass is 10.1. The zero-order valence-electron chi connectivity index (χ0n) is 11.2. The molecular weight excluding hydrogens is 381 g/mol. The summed E-state index contributed by atoms with van der Waals surface area (Å²) in [5, 5.41) is 6.96. The summed E-state index contributed by atoms with van der Waals surface area (Å²) in [7, 11) is 0. The standard InChI is InChI=1S/C16H16INOS/c1-2-7-18-16(12-9-15(17)20-10-12)14-8-11-5-3-4-6-13(11)19-14/h3-6,8-10,16,18H,2,7H2,1H3. The number of thiophene rings is 1. The molecule has 0 saturated carbocycles. The number of benzene rings is 1. The van der Waals surface area contributed by atoms with Crippen molar-refractivity contribution in [2.45, 2.75) is 19.4 Å². The summed E-state index contributed by atoms with van der Waals surface area (Å²) in [6.07, 6.45) is 1.11. The summed E-state index contributed by atoms with van der Waals surface area (Å²) in [6.45, 7) is 3.16. The van der Waals surface area contributed by atoms with Crippen LogP contribution in [0.2, 0.25) is 0 Å². The SMILES string of the molecule is CCCNC(c1csc(I)c1)c1cc2ccccc2o1. The van der Waals surface area contributed by atoms with E-state index in [9.17, 15) is 0 Å². The Labute approximate surface area is 136 Å². The lowest BCUT2D eigenvalue weighted by Gasteiger charge is -2.14. The fraction of sp³-hybridized carbons (Fsp3) is 0.250. The van der Waals surface area contributed by atoms with Crippen molar-refractivity contribution < 1.29 is 4.42 Å². The fourth-order valence-corrected chi connectivity index (χ4v) is 3.69. The first-order valence-electron chi connectivity index (χ1n) is 6.73. The zero-order valence-corrected chi connectivity index (χ0v) is 14.2. The maximum absolute atomic E-state index is 6.03. The molecular formula is C16H16INOS. The second-order valence-electron chi connectivity index (χ2n) is 4.76. The average molecular weight is 397 g/mol. The first-order valence-corrected chi connectivity index (χ1v) is 8.69. The molecule has 0 aliphatic rings. The van der Waals surface area contributed by atoms with Crippen molar-refractivity contribution >= 4 is 44.9 Å². The topological polar surface area (TPSA) is 25.2 Å². The Morgan fingerprint density at radius 3 is 2.85 bits per heavy atom. The minimum atomic E-state index is 0.141. The predicted molar refractivity (Wildman–Crippen MR) is 93.4 cm³/mol. The van der Waals surface area contributed by atoms with Gasteiger partial charge in [-0.1, -0.05) is 25.1 Å². The van der Waals surface area contributed by atoms with Crippen LogP contribution in [0.3, 0.4) is 0 Å². The van der Waals surface area contributed by atoms with Crippen LogP contribution in [0.4, 0.5) is 0 Å². The number of furan rings is 1. The molecule has 104 valence electrons. The number of rotatable bonds is 5. The summed E-state index contributed by atoms with van der Waals surface area (Å²) in [6, 6.07) is 12.7. The molecule has 0 fully saturated rings. The fourth-order valence-electron chi connectivity index (χ4n) is 2.29. The summed E-state index contributed by atoms with van der Waals surface area (Å²) in [5.41, 5.74) is 2.24. The number of fused-ring (bicyclic) bond motifs is 1. The van der Waals surface area contributed by atoms with Crippen LogP contribution in [-0.4, -0.2) is 6.54 Å². The van der Waals surface area contributed by atoms with Gasteiger partial charge in [0.05, 0.1) is 8.93 Å². The maximum atomic E-state index is 6.03. The molecule has 0 amide bonds. The smallest absolute Gasteiger partial charge is 0.134 e. The van der Waals surface area contributed by atoms with Gasteiger partial charge in [0, 0.05) is 5.39 Å². The molecule has 4 heteroatoms. The van der Waals surface area contributed by atoms with Crippen molar-refractivity contribution in [1.29, 1.82) is 0 Å². The summed E-state index contributed by atoms with van der Waals surface area (Å²) >= 11 is 4.14. The Hall–Kier alpha value is -0.850. The highest BCUT2D eigenvalue weighted by atomic mass is 127. The van der Waals surface area contributed by atoms with Crippen LogP contribution in [0.25, 0.3) is 11.0 Å². The van der Waals surface area contributed by atoms with Crippen molar-refractivity contribution in [3.05, 3.63) is 56.0 Å². The lowest BCUT2D eigenvalue weighted by Crippen LogP contribution is -2.22. The normalized spacial score (nSPS) is 12.9. The molecule has 2 aromatic heterocycles. The van der Waals surface area contributed by atoms with E-state index in [2.05, 4.69) is 58.4 Å². The van der Waals surface area contributed by atoms with Crippen molar-refractivity contribution in [3.63, 3.8) is 0 Å². The van der Waals surface area contributed by atoms with Gasteiger partial charge in [-0.25, -0.2) is 0 Å². The quantitative estimate of drug-likeness (QED) is 0.600. The molecule has 1 aromatic carbocycles. The van der Waals surface area contributed by atoms with Gasteiger partial charge in [0.2, 0.25) is 0 Å². The maximum Gasteiger partial charge on any atom is 0.134 e. The van der Waals surface area contributed by atoms with Crippen LogP contribution in [0.1, 0.15) is 30.7 Å². The summed E-state index contributed by atoms with van der Waals surface area (Å²) in [5.74, 6) is 0.994. The van der Waals surface area contributed by atoms with Crippen LogP contribution in [0.15, 0.2) is 46.2 Å². The lowest BCUT2D eigenvalue weighted by molar-refractivity contribution is 0.470. The molecule has 1 unspecified atom stereocenters. The molecule has 1 N–H and O–H groups in total. The van der Waals surface area contributed by atoms with Crippen LogP contribution in [-0.2, 0) is 0 Å². The molecule has 1 atom stereocenters. The van der Waals surface area contributed by atoms with Crippen molar-refractivity contribution in [2.24, 2.45) is 0 Å². The van der Waals surface area contributed by atoms with E-state index < -0.39 is 0 Å². The third kappa shape index (κ3) is 2.92. The largest absolute Gasteiger partial charge is 0.459 e. The molecule has 0 radical (unpaired) electrons. The first-order chi connectivity index (χ1) is 9.78. The second-order valence-corrected chi connectivity index (χ2v) is 7.56. The number of hydrogen-bond donors (Lipinski definition) is 1. The van der Waals surface area contributed by atoms with E-state index in [0.717, 1.165) is 29.7 Å². The number of nitrogens with one attached hydrogen (secondary N) is 1. The Morgan fingerprint density at radius 2 is 2.15 bits per heavy atom. The number of hydrogen-bond acceptors (Lipinski definition) is 3. The molecule has 0 spiro atoms. The van der Waals surface area contributed by atoms with Crippen LogP contribution >= 0.6 is 33.9 Å². The second kappa shape index (κ2) is 6.28. The Bertz CT molecular complexity index is 670. The Balaban J connectivity index is 1.99. The summed E-state index contributed by atoms with van der Waals surface area (Å²) in [4.78, 5) is 0. The van der Waals surface area contributed by atoms with Gasteiger partial charge in [-0.15, -0.1) is 11.3 Å². The van der Waals surface area contributed by atoms with E-state index in [1.54, 1.807) is 11.3 Å². The van der Waals surface area contributed by atoms with Crippen LogP contribution < -0.4 is 5.32 Å². The molecule has 20 heavy (non-hydrogen) atoms. The van der Waals surface area contributed by atoms with E-state index >= 15 is 0 Å². The highest BCUT2D eigenvalue weighted by Gasteiger charge is 2.19. The van der Waals surface area contributed by atoms with Crippen molar-refractivity contribution in [3.8, 4) is 0 Å². The van der Waals surface area contributed by atoms with E-state index in [1.165, 1.54) is 8.45 Å². The van der Waals surface area contributed by atoms with E-state index in [0.29, 0.717) is 0 Å². The minimum Gasteiger partial charge on any atom is -0.459 e. The van der Waals surface area contributed by atoms with E-state index in [4.69, 9.17) is 4.42 Å². The highest BCUT2D eigenvalue weighted by molar-refractivity contribution is 14.1. The molecule has 3 rings (SSSR count). The van der Waals surface area contributed by atoms with Gasteiger partial charge in [0.1, 0.15) is 11.3 Å². The van der Waals surface area contributed by atoms with Gasteiger partial charge < -0.3 is 9.73 Å². The van der Waals surface area contributed by atoms with Gasteiger partial charge in [-0.05, 0) is 64.7 Å². The molecule has 3 aromatic rings. The number of halogens is 1. The Kier molecular flexibility index (Phi) is 4.43. The van der Waals surface area contributed by atoms with Gasteiger partial charge >= 0.3 is 0 Å². The molecule has 0 aliphatic carbocycles. The van der Waals surface area contributed by atoms with E-state index in [1.807, 2.05) is 18.2 Å². The van der Waals surface area contributed by atoms with Gasteiger partial charge in [0.25, 0.3) is 0 Å².